The first-order valence-corrected chi connectivity index (χ1v) is 6.32. The Kier molecular flexibility index (Phi) is 3.17. The van der Waals surface area contributed by atoms with Crippen molar-refractivity contribution in [2.45, 2.75) is 18.4 Å². The maximum atomic E-state index is 9.28. The van der Waals surface area contributed by atoms with Crippen LogP contribution in [0.1, 0.15) is 12.8 Å². The van der Waals surface area contributed by atoms with Crippen LogP contribution in [0, 0.1) is 11.3 Å². The molecule has 1 N–H and O–H groups in total. The van der Waals surface area contributed by atoms with E-state index in [0.717, 1.165) is 24.3 Å². The summed E-state index contributed by atoms with van der Waals surface area (Å²) in [4.78, 5) is 0. The van der Waals surface area contributed by atoms with Crippen LogP contribution < -0.4 is 5.32 Å². The van der Waals surface area contributed by atoms with Crippen LogP contribution in [-0.2, 0) is 0 Å². The topological polar surface area (TPSA) is 35.8 Å². The first kappa shape index (κ1) is 10.4. The van der Waals surface area contributed by atoms with Crippen molar-refractivity contribution in [1.29, 1.82) is 5.26 Å². The van der Waals surface area contributed by atoms with Crippen LogP contribution in [0.25, 0.3) is 0 Å². The van der Waals surface area contributed by atoms with E-state index >= 15 is 0 Å². The number of benzene rings is 1. The highest BCUT2D eigenvalue weighted by molar-refractivity contribution is 7.99. The van der Waals surface area contributed by atoms with Gasteiger partial charge in [-0.05, 0) is 30.7 Å². The van der Waals surface area contributed by atoms with Crippen molar-refractivity contribution < 1.29 is 0 Å². The molecule has 1 unspecified atom stereocenters. The third kappa shape index (κ3) is 2.45. The van der Waals surface area contributed by atoms with Gasteiger partial charge in [-0.25, -0.2) is 0 Å². The number of nitrogens with zero attached hydrogens (tertiary/aromatic N) is 1. The van der Waals surface area contributed by atoms with Gasteiger partial charge < -0.3 is 5.32 Å². The maximum absolute atomic E-state index is 9.28. The van der Waals surface area contributed by atoms with Gasteiger partial charge in [0.1, 0.15) is 5.54 Å². The summed E-state index contributed by atoms with van der Waals surface area (Å²) in [5, 5.41) is 12.6. The maximum Gasteiger partial charge on any atom is 0.134 e. The van der Waals surface area contributed by atoms with Gasteiger partial charge in [0.2, 0.25) is 0 Å². The molecule has 1 atom stereocenters. The van der Waals surface area contributed by atoms with Gasteiger partial charge in [-0.3, -0.25) is 0 Å². The number of hydrogen-bond donors (Lipinski definition) is 1. The lowest BCUT2D eigenvalue weighted by molar-refractivity contribution is 0.576. The summed E-state index contributed by atoms with van der Waals surface area (Å²) < 4.78 is 0. The second-order valence-electron chi connectivity index (χ2n) is 3.84. The Balaban J connectivity index is 2.12. The van der Waals surface area contributed by atoms with Crippen molar-refractivity contribution in [3.63, 3.8) is 0 Å². The summed E-state index contributed by atoms with van der Waals surface area (Å²) in [7, 11) is 0. The van der Waals surface area contributed by atoms with Crippen molar-refractivity contribution in [2.75, 3.05) is 16.8 Å². The van der Waals surface area contributed by atoms with Crippen molar-refractivity contribution in [3.05, 3.63) is 30.3 Å². The Morgan fingerprint density at radius 3 is 2.73 bits per heavy atom. The molecule has 2 rings (SSSR count). The van der Waals surface area contributed by atoms with Crippen LogP contribution in [0.5, 0.6) is 0 Å². The molecule has 0 aliphatic carbocycles. The number of hydrogen-bond acceptors (Lipinski definition) is 3. The fraction of sp³-hybridized carbons (Fsp3) is 0.417. The van der Waals surface area contributed by atoms with Crippen LogP contribution >= 0.6 is 11.8 Å². The van der Waals surface area contributed by atoms with E-state index in [-0.39, 0.29) is 5.54 Å². The molecule has 78 valence electrons. The van der Waals surface area contributed by atoms with E-state index in [1.54, 1.807) is 0 Å². The second-order valence-corrected chi connectivity index (χ2v) is 4.95. The largest absolute Gasteiger partial charge is 0.367 e. The SMILES string of the molecule is N#CC1(Nc2ccccc2)CCCSC1. The highest BCUT2D eigenvalue weighted by Crippen LogP contribution is 2.29. The number of anilines is 1. The lowest BCUT2D eigenvalue weighted by Gasteiger charge is -2.32. The third-order valence-electron chi connectivity index (χ3n) is 2.61. The average molecular weight is 218 g/mol. The predicted molar refractivity (Wildman–Crippen MR) is 65.0 cm³/mol. The van der Waals surface area contributed by atoms with Gasteiger partial charge in [-0.1, -0.05) is 18.2 Å². The van der Waals surface area contributed by atoms with Crippen molar-refractivity contribution in [2.24, 2.45) is 0 Å². The molecule has 0 radical (unpaired) electrons. The molecule has 0 saturated carbocycles. The molecule has 3 heteroatoms. The van der Waals surface area contributed by atoms with Gasteiger partial charge in [-0.2, -0.15) is 17.0 Å². The monoisotopic (exact) mass is 218 g/mol. The summed E-state index contributed by atoms with van der Waals surface area (Å²) in [5.41, 5.74) is 0.686. The molecule has 1 aromatic rings. The van der Waals surface area contributed by atoms with Crippen LogP contribution in [-0.4, -0.2) is 17.0 Å². The highest BCUT2D eigenvalue weighted by Gasteiger charge is 2.32. The summed E-state index contributed by atoms with van der Waals surface area (Å²) >= 11 is 1.86. The van der Waals surface area contributed by atoms with Gasteiger partial charge in [0, 0.05) is 11.4 Å². The van der Waals surface area contributed by atoms with E-state index in [1.165, 1.54) is 5.75 Å². The van der Waals surface area contributed by atoms with E-state index in [9.17, 15) is 5.26 Å². The molecule has 0 aromatic heterocycles. The summed E-state index contributed by atoms with van der Waals surface area (Å²) in [6.07, 6.45) is 2.07. The first-order chi connectivity index (χ1) is 7.35. The minimum Gasteiger partial charge on any atom is -0.367 e. The first-order valence-electron chi connectivity index (χ1n) is 5.17. The van der Waals surface area contributed by atoms with Gasteiger partial charge in [0.15, 0.2) is 0 Å². The summed E-state index contributed by atoms with van der Waals surface area (Å²) in [6, 6.07) is 12.4. The molecular weight excluding hydrogens is 204 g/mol. The number of nitriles is 1. The Bertz CT molecular complexity index is 350. The molecule has 0 spiro atoms. The van der Waals surface area contributed by atoms with E-state index in [4.69, 9.17) is 0 Å². The number of thioether (sulfide) groups is 1. The molecule has 1 fully saturated rings. The van der Waals surface area contributed by atoms with Gasteiger partial charge in [0.25, 0.3) is 0 Å². The quantitative estimate of drug-likeness (QED) is 0.829. The molecule has 15 heavy (non-hydrogen) atoms. The number of nitrogens with one attached hydrogen (secondary N) is 1. The minimum absolute atomic E-state index is 0.357. The average Bonchev–Trinajstić information content (AvgIpc) is 2.32. The Morgan fingerprint density at radius 1 is 1.33 bits per heavy atom. The van der Waals surface area contributed by atoms with Gasteiger partial charge >= 0.3 is 0 Å². The zero-order chi connectivity index (χ0) is 10.6. The van der Waals surface area contributed by atoms with Crippen LogP contribution in [0.3, 0.4) is 0 Å². The van der Waals surface area contributed by atoms with Crippen molar-refractivity contribution >= 4 is 17.4 Å². The van der Waals surface area contributed by atoms with Gasteiger partial charge in [0.05, 0.1) is 6.07 Å². The van der Waals surface area contributed by atoms with E-state index in [2.05, 4.69) is 11.4 Å². The second kappa shape index (κ2) is 4.59. The molecule has 1 aliphatic rings. The highest BCUT2D eigenvalue weighted by atomic mass is 32.2. The van der Waals surface area contributed by atoms with E-state index in [1.807, 2.05) is 42.1 Å². The standard InChI is InChI=1S/C12H14N2S/c13-9-12(7-4-8-15-10-12)14-11-5-2-1-3-6-11/h1-3,5-6,14H,4,7-8,10H2. The Hall–Kier alpha value is -1.14. The number of para-hydroxylation sites is 1. The lowest BCUT2D eigenvalue weighted by Crippen LogP contribution is -2.41. The fourth-order valence-electron chi connectivity index (χ4n) is 1.81. The molecule has 1 heterocycles. The normalized spacial score (nSPS) is 25.5. The van der Waals surface area contributed by atoms with Crippen LogP contribution in [0.15, 0.2) is 30.3 Å². The smallest absolute Gasteiger partial charge is 0.134 e. The Morgan fingerprint density at radius 2 is 2.13 bits per heavy atom. The van der Waals surface area contributed by atoms with E-state index in [0.29, 0.717) is 0 Å². The van der Waals surface area contributed by atoms with Crippen molar-refractivity contribution in [1.82, 2.24) is 0 Å². The predicted octanol–water partition coefficient (Wildman–Crippen LogP) is 2.89. The molecule has 1 aromatic carbocycles. The third-order valence-corrected chi connectivity index (χ3v) is 3.89. The summed E-state index contributed by atoms with van der Waals surface area (Å²) in [5.74, 6) is 2.07. The zero-order valence-electron chi connectivity index (χ0n) is 8.57. The number of rotatable bonds is 2. The lowest BCUT2D eigenvalue weighted by atomic mass is 9.97. The zero-order valence-corrected chi connectivity index (χ0v) is 9.39. The molecule has 0 amide bonds. The molecule has 1 aliphatic heterocycles. The van der Waals surface area contributed by atoms with E-state index < -0.39 is 0 Å². The molecular formula is C12H14N2S. The molecule has 0 bridgehead atoms. The molecule has 1 saturated heterocycles. The minimum atomic E-state index is -0.357. The Labute approximate surface area is 94.7 Å². The van der Waals surface area contributed by atoms with Gasteiger partial charge in [-0.15, -0.1) is 0 Å². The molecule has 2 nitrogen and oxygen atoms in total. The van der Waals surface area contributed by atoms with Crippen LogP contribution in [0.2, 0.25) is 0 Å². The summed E-state index contributed by atoms with van der Waals surface area (Å²) in [6.45, 7) is 0. The van der Waals surface area contributed by atoms with Crippen molar-refractivity contribution in [3.8, 4) is 6.07 Å². The van der Waals surface area contributed by atoms with Crippen LogP contribution in [0.4, 0.5) is 5.69 Å². The fourth-order valence-corrected chi connectivity index (χ4v) is 2.93.